The van der Waals surface area contributed by atoms with Crippen LogP contribution in [0.4, 0.5) is 11.4 Å². The number of hydrogen-bond donors (Lipinski definition) is 0. The Morgan fingerprint density at radius 1 is 0.543 bits per heavy atom. The van der Waals surface area contributed by atoms with E-state index in [1.165, 1.54) is 32.2 Å². The minimum atomic E-state index is -0.609. The van der Waals surface area contributed by atoms with Gasteiger partial charge in [0.2, 0.25) is 0 Å². The summed E-state index contributed by atoms with van der Waals surface area (Å²) in [6.07, 6.45) is 0. The van der Waals surface area contributed by atoms with Crippen LogP contribution in [0.5, 0.6) is 5.75 Å². The Labute approximate surface area is 210 Å². The van der Waals surface area contributed by atoms with Gasteiger partial charge < -0.3 is 9.64 Å². The fraction of sp³-hybridized carbons (Fsp3) is 0.0625. The number of methoxy groups -OCH3 is 1. The maximum Gasteiger partial charge on any atom is 0.121 e. The quantitative estimate of drug-likeness (QED) is 0.239. The molecule has 0 N–H and O–H groups in total. The van der Waals surface area contributed by atoms with Gasteiger partial charge in [-0.2, -0.15) is 0 Å². The van der Waals surface area contributed by atoms with Crippen molar-refractivity contribution in [2.75, 3.05) is 12.0 Å². The Kier molecular flexibility index (Phi) is 5.55. The van der Waals surface area contributed by atoms with Gasteiger partial charge in [-0.25, -0.2) is 0 Å². The van der Waals surface area contributed by atoms with E-state index in [2.05, 4.69) is 132 Å². The van der Waals surface area contributed by atoms with E-state index in [0.717, 1.165) is 11.4 Å². The molecule has 2 nitrogen and oxygen atoms in total. The molecule has 35 heavy (non-hydrogen) atoms. The highest BCUT2D eigenvalue weighted by molar-refractivity contribution is 7.99. The first-order valence-corrected chi connectivity index (χ1v) is 12.6. The van der Waals surface area contributed by atoms with Crippen LogP contribution in [0.3, 0.4) is 0 Å². The van der Waals surface area contributed by atoms with E-state index >= 15 is 0 Å². The zero-order chi connectivity index (χ0) is 23.7. The second-order valence-corrected chi connectivity index (χ2v) is 9.63. The number of ether oxygens (including phenoxy) is 1. The zero-order valence-corrected chi connectivity index (χ0v) is 20.3. The van der Waals surface area contributed by atoms with Crippen LogP contribution < -0.4 is 9.64 Å². The minimum absolute atomic E-state index is 0.609. The van der Waals surface area contributed by atoms with Crippen molar-refractivity contribution in [3.05, 3.63) is 150 Å². The molecule has 0 amide bonds. The summed E-state index contributed by atoms with van der Waals surface area (Å²) in [5, 5.41) is 0. The molecule has 5 aromatic rings. The summed E-state index contributed by atoms with van der Waals surface area (Å²) in [6, 6.07) is 47.6. The molecule has 1 aliphatic heterocycles. The Balaban J connectivity index is 1.79. The third-order valence-corrected chi connectivity index (χ3v) is 7.77. The van der Waals surface area contributed by atoms with Crippen LogP contribution in [0, 0.1) is 0 Å². The van der Waals surface area contributed by atoms with Gasteiger partial charge in [0, 0.05) is 15.9 Å². The third-order valence-electron chi connectivity index (χ3n) is 6.64. The number of benzene rings is 5. The van der Waals surface area contributed by atoms with Crippen molar-refractivity contribution in [1.29, 1.82) is 0 Å². The van der Waals surface area contributed by atoms with Crippen LogP contribution in [-0.4, -0.2) is 7.11 Å². The lowest BCUT2D eigenvalue weighted by molar-refractivity contribution is 0.414. The smallest absolute Gasteiger partial charge is 0.121 e. The number of fused-ring (bicyclic) bond motifs is 2. The van der Waals surface area contributed by atoms with Gasteiger partial charge in [-0.1, -0.05) is 115 Å². The van der Waals surface area contributed by atoms with Crippen molar-refractivity contribution in [1.82, 2.24) is 0 Å². The van der Waals surface area contributed by atoms with Crippen molar-refractivity contribution < 1.29 is 4.74 Å². The minimum Gasteiger partial charge on any atom is -0.497 e. The highest BCUT2D eigenvalue weighted by atomic mass is 32.2. The fourth-order valence-electron chi connectivity index (χ4n) is 5.15. The summed E-state index contributed by atoms with van der Waals surface area (Å²) in [5.74, 6) is 0.844. The summed E-state index contributed by atoms with van der Waals surface area (Å²) < 4.78 is 5.71. The largest absolute Gasteiger partial charge is 0.497 e. The van der Waals surface area contributed by atoms with Crippen LogP contribution in [0.15, 0.2) is 143 Å². The molecule has 0 bridgehead atoms. The second kappa shape index (κ2) is 9.01. The average molecular weight is 472 g/mol. The molecule has 1 heterocycles. The second-order valence-electron chi connectivity index (χ2n) is 8.55. The molecular weight excluding hydrogens is 446 g/mol. The molecular formula is C32H25NOS. The standard InChI is InChI=1S/C32H25NOS/c1-34-27-21-22-31-29(23-27)33(28-19-11-12-20-30(28)35-31)32(24-13-5-2-6-14-24,25-15-7-3-8-16-25)26-17-9-4-10-18-26/h2-23H,1H3. The van der Waals surface area contributed by atoms with Gasteiger partial charge in [-0.3, -0.25) is 0 Å². The van der Waals surface area contributed by atoms with Gasteiger partial charge in [-0.05, 0) is 41.0 Å². The Hall–Kier alpha value is -3.95. The van der Waals surface area contributed by atoms with E-state index in [1.54, 1.807) is 7.11 Å². The molecule has 0 aromatic heterocycles. The summed E-state index contributed by atoms with van der Waals surface area (Å²) in [4.78, 5) is 4.95. The molecule has 5 aromatic carbocycles. The van der Waals surface area contributed by atoms with Gasteiger partial charge in [0.15, 0.2) is 0 Å². The number of nitrogens with zero attached hydrogens (tertiary/aromatic N) is 1. The number of rotatable bonds is 5. The van der Waals surface area contributed by atoms with Crippen LogP contribution in [0.25, 0.3) is 0 Å². The summed E-state index contributed by atoms with van der Waals surface area (Å²) in [6.45, 7) is 0. The maximum atomic E-state index is 5.71. The molecule has 0 saturated carbocycles. The Morgan fingerprint density at radius 2 is 1.03 bits per heavy atom. The third kappa shape index (κ3) is 3.51. The van der Waals surface area contributed by atoms with Crippen molar-refractivity contribution >= 4 is 23.1 Å². The lowest BCUT2D eigenvalue weighted by atomic mass is 9.74. The van der Waals surface area contributed by atoms with Gasteiger partial charge in [-0.15, -0.1) is 0 Å². The van der Waals surface area contributed by atoms with Crippen molar-refractivity contribution in [3.8, 4) is 5.75 Å². The molecule has 0 atom stereocenters. The highest BCUT2D eigenvalue weighted by Gasteiger charge is 2.46. The van der Waals surface area contributed by atoms with E-state index < -0.39 is 5.54 Å². The van der Waals surface area contributed by atoms with Gasteiger partial charge >= 0.3 is 0 Å². The normalized spacial score (nSPS) is 12.5. The Morgan fingerprint density at radius 3 is 1.57 bits per heavy atom. The highest BCUT2D eigenvalue weighted by Crippen LogP contribution is 2.57. The molecule has 0 aliphatic carbocycles. The maximum absolute atomic E-state index is 5.71. The SMILES string of the molecule is COc1ccc2c(c1)N(C(c1ccccc1)(c1ccccc1)c1ccccc1)c1ccccc1S2. The average Bonchev–Trinajstić information content (AvgIpc) is 2.94. The van der Waals surface area contributed by atoms with E-state index in [1.807, 2.05) is 17.8 Å². The van der Waals surface area contributed by atoms with Crippen molar-refractivity contribution in [2.24, 2.45) is 0 Å². The molecule has 6 rings (SSSR count). The molecule has 0 radical (unpaired) electrons. The fourth-order valence-corrected chi connectivity index (χ4v) is 6.19. The van der Waals surface area contributed by atoms with E-state index in [9.17, 15) is 0 Å². The molecule has 0 saturated heterocycles. The van der Waals surface area contributed by atoms with Crippen LogP contribution in [0.2, 0.25) is 0 Å². The number of hydrogen-bond acceptors (Lipinski definition) is 3. The monoisotopic (exact) mass is 471 g/mol. The van der Waals surface area contributed by atoms with Crippen LogP contribution in [-0.2, 0) is 5.54 Å². The first kappa shape index (κ1) is 21.6. The van der Waals surface area contributed by atoms with Crippen molar-refractivity contribution in [3.63, 3.8) is 0 Å². The molecule has 170 valence electrons. The number of anilines is 2. The summed E-state index contributed by atoms with van der Waals surface area (Å²) in [5.41, 5.74) is 5.30. The van der Waals surface area contributed by atoms with Crippen LogP contribution >= 0.6 is 11.8 Å². The zero-order valence-electron chi connectivity index (χ0n) is 19.5. The first-order valence-electron chi connectivity index (χ1n) is 11.7. The predicted octanol–water partition coefficient (Wildman–Crippen LogP) is 8.29. The molecule has 0 fully saturated rings. The van der Waals surface area contributed by atoms with E-state index in [4.69, 9.17) is 4.74 Å². The molecule has 3 heteroatoms. The van der Waals surface area contributed by atoms with E-state index in [0.29, 0.717) is 0 Å². The lowest BCUT2D eigenvalue weighted by Crippen LogP contribution is -2.46. The Bertz CT molecular complexity index is 1350. The molecule has 0 spiro atoms. The number of para-hydroxylation sites is 1. The molecule has 1 aliphatic rings. The molecule has 0 unspecified atom stereocenters. The lowest BCUT2D eigenvalue weighted by Gasteiger charge is -2.49. The predicted molar refractivity (Wildman–Crippen MR) is 145 cm³/mol. The first-order chi connectivity index (χ1) is 17.3. The van der Waals surface area contributed by atoms with Gasteiger partial charge in [0.1, 0.15) is 11.3 Å². The van der Waals surface area contributed by atoms with Crippen LogP contribution in [0.1, 0.15) is 16.7 Å². The van der Waals surface area contributed by atoms with Gasteiger partial charge in [0.05, 0.1) is 18.5 Å². The topological polar surface area (TPSA) is 12.5 Å². The van der Waals surface area contributed by atoms with E-state index in [-0.39, 0.29) is 0 Å². The van der Waals surface area contributed by atoms with Crippen molar-refractivity contribution in [2.45, 2.75) is 15.3 Å². The van der Waals surface area contributed by atoms with Gasteiger partial charge in [0.25, 0.3) is 0 Å². The summed E-state index contributed by atoms with van der Waals surface area (Å²) >= 11 is 1.81. The summed E-state index contributed by atoms with van der Waals surface area (Å²) in [7, 11) is 1.73.